The quantitative estimate of drug-likeness (QED) is 0.913. The minimum Gasteiger partial charge on any atom is -0.381 e. The van der Waals surface area contributed by atoms with Gasteiger partial charge in [0.15, 0.2) is 0 Å². The molecule has 0 spiro atoms. The van der Waals surface area contributed by atoms with Crippen LogP contribution in [0.1, 0.15) is 43.5 Å². The topological polar surface area (TPSA) is 67.4 Å². The zero-order valence-electron chi connectivity index (χ0n) is 14.8. The van der Waals surface area contributed by atoms with Gasteiger partial charge in [0, 0.05) is 50.2 Å². The Hall–Kier alpha value is -1.69. The molecular weight excluding hydrogens is 304 g/mol. The number of hydrogen-bond donors (Lipinski definition) is 1. The van der Waals surface area contributed by atoms with Crippen LogP contribution in [0, 0.1) is 19.8 Å². The predicted octanol–water partition coefficient (Wildman–Crippen LogP) is 2.00. The van der Waals surface area contributed by atoms with E-state index in [2.05, 4.69) is 20.2 Å². The molecule has 2 saturated heterocycles. The molecule has 2 fully saturated rings. The summed E-state index contributed by atoms with van der Waals surface area (Å²) in [6, 6.07) is 2.30. The van der Waals surface area contributed by atoms with Crippen molar-refractivity contribution in [2.45, 2.75) is 52.0 Å². The van der Waals surface area contributed by atoms with Crippen LogP contribution in [-0.4, -0.2) is 48.2 Å². The maximum atomic E-state index is 12.2. The number of ether oxygens (including phenoxy) is 1. The fraction of sp³-hybridized carbons (Fsp3) is 0.722. The average Bonchev–Trinajstić information content (AvgIpc) is 2.55. The molecule has 6 heteroatoms. The summed E-state index contributed by atoms with van der Waals surface area (Å²) in [6.45, 7) is 7.39. The van der Waals surface area contributed by atoms with E-state index in [1.165, 1.54) is 0 Å². The van der Waals surface area contributed by atoms with Gasteiger partial charge in [0.25, 0.3) is 0 Å². The number of hydrogen-bond acceptors (Lipinski definition) is 5. The molecule has 3 rings (SSSR count). The third kappa shape index (κ3) is 4.66. The summed E-state index contributed by atoms with van der Waals surface area (Å²) >= 11 is 0. The lowest BCUT2D eigenvalue weighted by atomic mass is 9.93. The first kappa shape index (κ1) is 17.1. The van der Waals surface area contributed by atoms with Gasteiger partial charge in [0.2, 0.25) is 11.9 Å². The van der Waals surface area contributed by atoms with E-state index in [9.17, 15) is 4.79 Å². The number of amides is 1. The fourth-order valence-electron chi connectivity index (χ4n) is 3.58. The second-order valence-electron chi connectivity index (χ2n) is 7.04. The van der Waals surface area contributed by atoms with Crippen molar-refractivity contribution >= 4 is 11.9 Å². The van der Waals surface area contributed by atoms with Gasteiger partial charge in [-0.1, -0.05) is 0 Å². The molecule has 0 atom stereocenters. The van der Waals surface area contributed by atoms with E-state index in [4.69, 9.17) is 4.74 Å². The highest BCUT2D eigenvalue weighted by Gasteiger charge is 2.24. The molecule has 0 aliphatic carbocycles. The monoisotopic (exact) mass is 332 g/mol. The molecule has 6 nitrogen and oxygen atoms in total. The number of rotatable bonds is 4. The highest BCUT2D eigenvalue weighted by Crippen LogP contribution is 2.23. The van der Waals surface area contributed by atoms with Crippen molar-refractivity contribution in [3.8, 4) is 0 Å². The van der Waals surface area contributed by atoms with Crippen LogP contribution in [0.3, 0.4) is 0 Å². The Morgan fingerprint density at radius 1 is 1.17 bits per heavy atom. The molecule has 1 N–H and O–H groups in total. The van der Waals surface area contributed by atoms with Crippen LogP contribution in [0.4, 0.5) is 5.95 Å². The van der Waals surface area contributed by atoms with Gasteiger partial charge in [-0.2, -0.15) is 0 Å². The Morgan fingerprint density at radius 2 is 1.79 bits per heavy atom. The summed E-state index contributed by atoms with van der Waals surface area (Å²) in [4.78, 5) is 23.6. The molecule has 2 aliphatic rings. The Balaban J connectivity index is 1.45. The standard InChI is InChI=1S/C18H28N4O2/c1-13-11-14(2)20-18(19-13)22-7-3-15(4-8-22)12-17(23)21-16-5-9-24-10-6-16/h11,15-16H,3-10,12H2,1-2H3,(H,21,23). The highest BCUT2D eigenvalue weighted by molar-refractivity contribution is 5.76. The zero-order chi connectivity index (χ0) is 16.9. The van der Waals surface area contributed by atoms with Crippen LogP contribution in [-0.2, 0) is 9.53 Å². The van der Waals surface area contributed by atoms with Crippen LogP contribution in [0.15, 0.2) is 6.07 Å². The highest BCUT2D eigenvalue weighted by atomic mass is 16.5. The number of carbonyl (C=O) groups excluding carboxylic acids is 1. The van der Waals surface area contributed by atoms with Crippen molar-refractivity contribution in [2.24, 2.45) is 5.92 Å². The molecule has 0 unspecified atom stereocenters. The molecule has 132 valence electrons. The van der Waals surface area contributed by atoms with Crippen LogP contribution in [0.5, 0.6) is 0 Å². The second kappa shape index (κ2) is 7.92. The third-order valence-electron chi connectivity index (χ3n) is 4.93. The number of nitrogens with one attached hydrogen (secondary N) is 1. The van der Waals surface area contributed by atoms with Crippen LogP contribution in [0.25, 0.3) is 0 Å². The van der Waals surface area contributed by atoms with Crippen molar-refractivity contribution in [1.82, 2.24) is 15.3 Å². The Morgan fingerprint density at radius 3 is 2.42 bits per heavy atom. The number of carbonyl (C=O) groups is 1. The number of piperidine rings is 1. The maximum Gasteiger partial charge on any atom is 0.225 e. The minimum absolute atomic E-state index is 0.197. The first-order valence-corrected chi connectivity index (χ1v) is 9.04. The molecule has 2 aliphatic heterocycles. The van der Waals surface area contributed by atoms with Crippen LogP contribution in [0.2, 0.25) is 0 Å². The first-order valence-electron chi connectivity index (χ1n) is 9.04. The lowest BCUT2D eigenvalue weighted by Crippen LogP contribution is -2.41. The molecule has 0 radical (unpaired) electrons. The smallest absolute Gasteiger partial charge is 0.225 e. The van der Waals surface area contributed by atoms with E-state index >= 15 is 0 Å². The van der Waals surface area contributed by atoms with E-state index in [1.807, 2.05) is 19.9 Å². The normalized spacial score (nSPS) is 20.2. The van der Waals surface area contributed by atoms with E-state index < -0.39 is 0 Å². The molecule has 3 heterocycles. The average molecular weight is 332 g/mol. The van der Waals surface area contributed by atoms with Crippen LogP contribution < -0.4 is 10.2 Å². The lowest BCUT2D eigenvalue weighted by molar-refractivity contribution is -0.123. The van der Waals surface area contributed by atoms with Crippen molar-refractivity contribution in [1.29, 1.82) is 0 Å². The van der Waals surface area contributed by atoms with Gasteiger partial charge in [0.1, 0.15) is 0 Å². The van der Waals surface area contributed by atoms with Crippen LogP contribution >= 0.6 is 0 Å². The Kier molecular flexibility index (Phi) is 5.66. The van der Waals surface area contributed by atoms with Gasteiger partial charge in [-0.15, -0.1) is 0 Å². The van der Waals surface area contributed by atoms with Gasteiger partial charge in [-0.3, -0.25) is 4.79 Å². The summed E-state index contributed by atoms with van der Waals surface area (Å²) < 4.78 is 5.33. The summed E-state index contributed by atoms with van der Waals surface area (Å²) in [5.41, 5.74) is 2.02. The number of aromatic nitrogens is 2. The van der Waals surface area contributed by atoms with Crippen molar-refractivity contribution < 1.29 is 9.53 Å². The number of nitrogens with zero attached hydrogens (tertiary/aromatic N) is 3. The fourth-order valence-corrected chi connectivity index (χ4v) is 3.58. The van der Waals surface area contributed by atoms with E-state index in [-0.39, 0.29) is 5.91 Å². The van der Waals surface area contributed by atoms with Gasteiger partial charge in [-0.25, -0.2) is 9.97 Å². The maximum absolute atomic E-state index is 12.2. The Labute approximate surface area is 144 Å². The largest absolute Gasteiger partial charge is 0.381 e. The number of aryl methyl sites for hydroxylation is 2. The van der Waals surface area contributed by atoms with Gasteiger partial charge < -0.3 is 15.0 Å². The molecule has 1 amide bonds. The summed E-state index contributed by atoms with van der Waals surface area (Å²) in [5.74, 6) is 1.49. The molecule has 24 heavy (non-hydrogen) atoms. The molecule has 1 aromatic rings. The SMILES string of the molecule is Cc1cc(C)nc(N2CCC(CC(=O)NC3CCOCC3)CC2)n1. The summed E-state index contributed by atoms with van der Waals surface area (Å²) in [5, 5.41) is 3.17. The molecule has 1 aromatic heterocycles. The third-order valence-corrected chi connectivity index (χ3v) is 4.93. The van der Waals surface area contributed by atoms with Crippen molar-refractivity contribution in [2.75, 3.05) is 31.2 Å². The minimum atomic E-state index is 0.197. The summed E-state index contributed by atoms with van der Waals surface area (Å²) in [7, 11) is 0. The summed E-state index contributed by atoms with van der Waals surface area (Å²) in [6.07, 6.45) is 4.57. The van der Waals surface area contributed by atoms with Gasteiger partial charge >= 0.3 is 0 Å². The lowest BCUT2D eigenvalue weighted by Gasteiger charge is -2.32. The molecule has 0 saturated carbocycles. The number of anilines is 1. The molecule has 0 bridgehead atoms. The van der Waals surface area contributed by atoms with Gasteiger partial charge in [-0.05, 0) is 51.5 Å². The van der Waals surface area contributed by atoms with E-state index in [0.717, 1.165) is 69.3 Å². The molecule has 0 aromatic carbocycles. The van der Waals surface area contributed by atoms with E-state index in [0.29, 0.717) is 18.4 Å². The Bertz CT molecular complexity index is 544. The molecular formula is C18H28N4O2. The predicted molar refractivity (Wildman–Crippen MR) is 93.0 cm³/mol. The second-order valence-corrected chi connectivity index (χ2v) is 7.04. The van der Waals surface area contributed by atoms with Crippen molar-refractivity contribution in [3.05, 3.63) is 17.5 Å². The van der Waals surface area contributed by atoms with E-state index in [1.54, 1.807) is 0 Å². The van der Waals surface area contributed by atoms with Crippen molar-refractivity contribution in [3.63, 3.8) is 0 Å². The van der Waals surface area contributed by atoms with Gasteiger partial charge in [0.05, 0.1) is 0 Å². The zero-order valence-corrected chi connectivity index (χ0v) is 14.8. The first-order chi connectivity index (χ1) is 11.6.